The van der Waals surface area contributed by atoms with Gasteiger partial charge in [-0.15, -0.1) is 0 Å². The summed E-state index contributed by atoms with van der Waals surface area (Å²) < 4.78 is 5.90. The van der Waals surface area contributed by atoms with E-state index in [2.05, 4.69) is 36.1 Å². The molecule has 0 saturated carbocycles. The third-order valence-corrected chi connectivity index (χ3v) is 5.79. The minimum Gasteiger partial charge on any atom is -0.508 e. The van der Waals surface area contributed by atoms with Crippen molar-refractivity contribution in [2.24, 2.45) is 0 Å². The van der Waals surface area contributed by atoms with Gasteiger partial charge in [0.1, 0.15) is 17.2 Å². The normalized spacial score (nSPS) is 16.6. The van der Waals surface area contributed by atoms with Crippen LogP contribution in [0.2, 0.25) is 0 Å². The molecule has 1 unspecified atom stereocenters. The molecule has 3 aromatic rings. The van der Waals surface area contributed by atoms with Crippen molar-refractivity contribution in [1.29, 1.82) is 0 Å². The summed E-state index contributed by atoms with van der Waals surface area (Å²) in [6, 6.07) is 26.3. The number of hydrogen-bond donors (Lipinski definition) is 1. The summed E-state index contributed by atoms with van der Waals surface area (Å²) in [5.74, 6) is 2.71. The number of rotatable bonds is 5. The van der Waals surface area contributed by atoms with Crippen LogP contribution in [0.1, 0.15) is 42.9 Å². The van der Waals surface area contributed by atoms with Crippen LogP contribution in [0.5, 0.6) is 17.2 Å². The fraction of sp³-hybridized carbons (Fsp3) is 0.280. The Morgan fingerprint density at radius 3 is 2.11 bits per heavy atom. The standard InChI is InChI=1S/C25H27NO2/c1-19(24-9-5-6-10-25(24)27)26-17-15-21(16-18-26)20-11-13-23(14-12-20)28-22-7-3-2-4-8-22/h2-14,19,21,27H,15-18H2,1H3. The van der Waals surface area contributed by atoms with E-state index in [1.165, 1.54) is 5.56 Å². The minimum absolute atomic E-state index is 0.240. The van der Waals surface area contributed by atoms with E-state index in [0.717, 1.165) is 43.0 Å². The summed E-state index contributed by atoms with van der Waals surface area (Å²) in [4.78, 5) is 2.47. The molecule has 1 saturated heterocycles. The fourth-order valence-electron chi connectivity index (χ4n) is 4.09. The molecule has 1 aliphatic heterocycles. The predicted octanol–water partition coefficient (Wildman–Crippen LogP) is 6.13. The van der Waals surface area contributed by atoms with Crippen molar-refractivity contribution in [1.82, 2.24) is 4.90 Å². The molecule has 3 nitrogen and oxygen atoms in total. The van der Waals surface area contributed by atoms with Crippen LogP contribution in [0.15, 0.2) is 78.9 Å². The molecule has 1 aliphatic rings. The first kappa shape index (κ1) is 18.6. The van der Waals surface area contributed by atoms with Crippen LogP contribution in [-0.2, 0) is 0 Å². The zero-order chi connectivity index (χ0) is 19.3. The van der Waals surface area contributed by atoms with E-state index in [1.54, 1.807) is 6.07 Å². The highest BCUT2D eigenvalue weighted by Gasteiger charge is 2.25. The zero-order valence-electron chi connectivity index (χ0n) is 16.3. The number of likely N-dealkylation sites (tertiary alicyclic amines) is 1. The minimum atomic E-state index is 0.240. The second-order valence-corrected chi connectivity index (χ2v) is 7.53. The van der Waals surface area contributed by atoms with E-state index >= 15 is 0 Å². The molecule has 4 rings (SSSR count). The first-order valence-corrected chi connectivity index (χ1v) is 10.1. The number of benzene rings is 3. The van der Waals surface area contributed by atoms with E-state index < -0.39 is 0 Å². The van der Waals surface area contributed by atoms with Gasteiger partial charge >= 0.3 is 0 Å². The predicted molar refractivity (Wildman–Crippen MR) is 113 cm³/mol. The lowest BCUT2D eigenvalue weighted by Gasteiger charge is -2.36. The highest BCUT2D eigenvalue weighted by Crippen LogP contribution is 2.35. The van der Waals surface area contributed by atoms with Gasteiger partial charge in [0.05, 0.1) is 0 Å². The molecule has 28 heavy (non-hydrogen) atoms. The number of para-hydroxylation sites is 2. The Morgan fingerprint density at radius 1 is 0.821 bits per heavy atom. The fourth-order valence-corrected chi connectivity index (χ4v) is 4.09. The highest BCUT2D eigenvalue weighted by molar-refractivity contribution is 5.35. The lowest BCUT2D eigenvalue weighted by atomic mass is 9.88. The summed E-state index contributed by atoms with van der Waals surface area (Å²) >= 11 is 0. The lowest BCUT2D eigenvalue weighted by molar-refractivity contribution is 0.160. The van der Waals surface area contributed by atoms with Gasteiger partial charge in [0.15, 0.2) is 0 Å². The Kier molecular flexibility index (Phi) is 5.63. The smallest absolute Gasteiger partial charge is 0.127 e. The van der Waals surface area contributed by atoms with Gasteiger partial charge in [0, 0.05) is 11.6 Å². The summed E-state index contributed by atoms with van der Waals surface area (Å²) in [7, 11) is 0. The number of phenolic OH excluding ortho intramolecular Hbond substituents is 1. The second kappa shape index (κ2) is 8.49. The highest BCUT2D eigenvalue weighted by atomic mass is 16.5. The SMILES string of the molecule is CC(c1ccccc1O)N1CCC(c2ccc(Oc3ccccc3)cc2)CC1. The average molecular weight is 373 g/mol. The third kappa shape index (κ3) is 4.20. The molecule has 1 fully saturated rings. The summed E-state index contributed by atoms with van der Waals surface area (Å²) in [5.41, 5.74) is 2.40. The van der Waals surface area contributed by atoms with Crippen molar-refractivity contribution in [2.45, 2.75) is 31.7 Å². The van der Waals surface area contributed by atoms with Gasteiger partial charge in [0.2, 0.25) is 0 Å². The molecular weight excluding hydrogens is 346 g/mol. The van der Waals surface area contributed by atoms with Crippen LogP contribution in [0.3, 0.4) is 0 Å². The maximum absolute atomic E-state index is 10.1. The molecule has 0 amide bonds. The first-order chi connectivity index (χ1) is 13.7. The number of aromatic hydroxyl groups is 1. The van der Waals surface area contributed by atoms with E-state index in [9.17, 15) is 5.11 Å². The lowest BCUT2D eigenvalue weighted by Crippen LogP contribution is -2.35. The average Bonchev–Trinajstić information content (AvgIpc) is 2.75. The van der Waals surface area contributed by atoms with Crippen molar-refractivity contribution in [3.8, 4) is 17.2 Å². The molecule has 1 atom stereocenters. The molecule has 0 bridgehead atoms. The number of nitrogens with zero attached hydrogens (tertiary/aromatic N) is 1. The molecule has 0 radical (unpaired) electrons. The van der Waals surface area contributed by atoms with Crippen molar-refractivity contribution < 1.29 is 9.84 Å². The zero-order valence-corrected chi connectivity index (χ0v) is 16.3. The maximum atomic E-state index is 10.1. The van der Waals surface area contributed by atoms with Gasteiger partial charge in [-0.2, -0.15) is 0 Å². The molecule has 1 N–H and O–H groups in total. The van der Waals surface area contributed by atoms with Crippen molar-refractivity contribution in [3.63, 3.8) is 0 Å². The van der Waals surface area contributed by atoms with Crippen LogP contribution < -0.4 is 4.74 Å². The maximum Gasteiger partial charge on any atom is 0.127 e. The largest absolute Gasteiger partial charge is 0.508 e. The van der Waals surface area contributed by atoms with Gasteiger partial charge in [-0.25, -0.2) is 0 Å². The van der Waals surface area contributed by atoms with Crippen LogP contribution in [-0.4, -0.2) is 23.1 Å². The Balaban J connectivity index is 1.35. The molecule has 0 aliphatic carbocycles. The molecule has 3 aromatic carbocycles. The first-order valence-electron chi connectivity index (χ1n) is 10.1. The van der Waals surface area contributed by atoms with Gasteiger partial charge < -0.3 is 9.84 Å². The van der Waals surface area contributed by atoms with Gasteiger partial charge in [-0.1, -0.05) is 48.5 Å². The van der Waals surface area contributed by atoms with Crippen molar-refractivity contribution >= 4 is 0 Å². The van der Waals surface area contributed by atoms with E-state index in [1.807, 2.05) is 48.5 Å². The van der Waals surface area contributed by atoms with Crippen LogP contribution in [0, 0.1) is 0 Å². The quantitative estimate of drug-likeness (QED) is 0.584. The summed E-state index contributed by atoms with van der Waals surface area (Å²) in [6.07, 6.45) is 2.27. The van der Waals surface area contributed by atoms with E-state index in [-0.39, 0.29) is 6.04 Å². The molecule has 144 valence electrons. The van der Waals surface area contributed by atoms with Gasteiger partial charge in [-0.3, -0.25) is 4.90 Å². The van der Waals surface area contributed by atoms with Gasteiger partial charge in [-0.05, 0) is 74.7 Å². The van der Waals surface area contributed by atoms with Crippen LogP contribution >= 0.6 is 0 Å². The number of piperidine rings is 1. The topological polar surface area (TPSA) is 32.7 Å². The number of hydrogen-bond acceptors (Lipinski definition) is 3. The van der Waals surface area contributed by atoms with Crippen LogP contribution in [0.25, 0.3) is 0 Å². The molecule has 1 heterocycles. The van der Waals surface area contributed by atoms with Crippen molar-refractivity contribution in [2.75, 3.05) is 13.1 Å². The Morgan fingerprint density at radius 2 is 1.43 bits per heavy atom. The second-order valence-electron chi connectivity index (χ2n) is 7.53. The molecule has 0 aromatic heterocycles. The van der Waals surface area contributed by atoms with Crippen molar-refractivity contribution in [3.05, 3.63) is 90.0 Å². The Bertz CT molecular complexity index is 884. The van der Waals surface area contributed by atoms with Gasteiger partial charge in [0.25, 0.3) is 0 Å². The van der Waals surface area contributed by atoms with E-state index in [0.29, 0.717) is 11.7 Å². The third-order valence-electron chi connectivity index (χ3n) is 5.79. The molecule has 3 heteroatoms. The Hall–Kier alpha value is -2.78. The number of ether oxygens (including phenoxy) is 1. The number of phenols is 1. The summed E-state index contributed by atoms with van der Waals surface area (Å²) in [6.45, 7) is 4.27. The molecule has 0 spiro atoms. The van der Waals surface area contributed by atoms with Crippen LogP contribution in [0.4, 0.5) is 0 Å². The monoisotopic (exact) mass is 373 g/mol. The Labute approximate surface area is 167 Å². The summed E-state index contributed by atoms with van der Waals surface area (Å²) in [5, 5.41) is 10.1. The van der Waals surface area contributed by atoms with E-state index in [4.69, 9.17) is 4.74 Å². The molecular formula is C25H27NO2.